The topological polar surface area (TPSA) is 24.1 Å². The largest absolute Gasteiger partial charge is 0.382 e. The van der Waals surface area contributed by atoms with Crippen LogP contribution in [0.4, 0.5) is 10.1 Å². The molecule has 2 atom stereocenters. The molecule has 0 aromatic heterocycles. The van der Waals surface area contributed by atoms with Crippen LogP contribution in [0.3, 0.4) is 0 Å². The summed E-state index contributed by atoms with van der Waals surface area (Å²) in [6, 6.07) is 21.7. The van der Waals surface area contributed by atoms with Gasteiger partial charge >= 0.3 is 0 Å². The zero-order valence-electron chi connectivity index (χ0n) is 14.6. The lowest BCUT2D eigenvalue weighted by Gasteiger charge is -2.35. The lowest BCUT2D eigenvalue weighted by atomic mass is 9.83. The number of alkyl halides is 1. The fourth-order valence-corrected chi connectivity index (χ4v) is 4.03. The van der Waals surface area contributed by atoms with Crippen LogP contribution in [0.2, 0.25) is 0 Å². The molecule has 0 spiro atoms. The molecule has 2 fully saturated rings. The van der Waals surface area contributed by atoms with Gasteiger partial charge in [0, 0.05) is 30.2 Å². The third-order valence-corrected chi connectivity index (χ3v) is 5.73. The number of rotatable bonds is 6. The van der Waals surface area contributed by atoms with Crippen molar-refractivity contribution in [1.82, 2.24) is 5.32 Å². The molecule has 0 heterocycles. The molecule has 2 aromatic rings. The second-order valence-electron chi connectivity index (χ2n) is 7.68. The first-order valence-corrected chi connectivity index (χ1v) is 9.51. The summed E-state index contributed by atoms with van der Waals surface area (Å²) in [5.41, 5.74) is 1.47. The first-order chi connectivity index (χ1) is 12.2. The van der Waals surface area contributed by atoms with Crippen molar-refractivity contribution in [3.63, 3.8) is 0 Å². The van der Waals surface area contributed by atoms with Gasteiger partial charge in [-0.3, -0.25) is 0 Å². The Bertz CT molecular complexity index is 665. The highest BCUT2D eigenvalue weighted by Gasteiger charge is 2.41. The van der Waals surface area contributed by atoms with Crippen LogP contribution in [0.1, 0.15) is 43.6 Å². The molecule has 132 valence electrons. The van der Waals surface area contributed by atoms with Gasteiger partial charge in [0.25, 0.3) is 0 Å². The van der Waals surface area contributed by atoms with E-state index in [1.54, 1.807) is 0 Å². The fourth-order valence-electron chi connectivity index (χ4n) is 4.03. The number of anilines is 1. The van der Waals surface area contributed by atoms with Crippen molar-refractivity contribution in [3.05, 3.63) is 66.2 Å². The Morgan fingerprint density at radius 1 is 0.920 bits per heavy atom. The van der Waals surface area contributed by atoms with Crippen LogP contribution >= 0.6 is 0 Å². The van der Waals surface area contributed by atoms with Crippen molar-refractivity contribution in [3.8, 4) is 0 Å². The number of para-hydroxylation sites is 1. The van der Waals surface area contributed by atoms with Gasteiger partial charge in [-0.1, -0.05) is 48.5 Å². The summed E-state index contributed by atoms with van der Waals surface area (Å²) in [6.45, 7) is 0.499. The summed E-state index contributed by atoms with van der Waals surface area (Å²) in [4.78, 5) is 0. The van der Waals surface area contributed by atoms with Crippen molar-refractivity contribution in [1.29, 1.82) is 0 Å². The van der Waals surface area contributed by atoms with Gasteiger partial charge in [-0.05, 0) is 49.8 Å². The summed E-state index contributed by atoms with van der Waals surface area (Å²) in [5.74, 6) is 0.570. The summed E-state index contributed by atoms with van der Waals surface area (Å²) >= 11 is 0. The molecule has 25 heavy (non-hydrogen) atoms. The molecule has 0 aliphatic heterocycles. The molecule has 0 unspecified atom stereocenters. The van der Waals surface area contributed by atoms with Gasteiger partial charge in [-0.25, -0.2) is 4.39 Å². The zero-order valence-corrected chi connectivity index (χ0v) is 14.6. The van der Waals surface area contributed by atoms with Crippen LogP contribution in [0, 0.1) is 0 Å². The Labute approximate surface area is 149 Å². The van der Waals surface area contributed by atoms with Crippen LogP contribution in [0.15, 0.2) is 60.7 Å². The molecule has 3 heteroatoms. The summed E-state index contributed by atoms with van der Waals surface area (Å²) < 4.78 is 15.1. The van der Waals surface area contributed by atoms with E-state index in [0.717, 1.165) is 24.9 Å². The fraction of sp³-hybridized carbons (Fsp3) is 0.455. The van der Waals surface area contributed by atoms with Gasteiger partial charge in [-0.15, -0.1) is 0 Å². The van der Waals surface area contributed by atoms with Crippen LogP contribution < -0.4 is 10.6 Å². The predicted octanol–water partition coefficient (Wildman–Crippen LogP) is 4.90. The standard InChI is InChI=1S/C22H27FN2/c23-22(16-24-21-15-20(21)17-7-3-1-4-8-17)13-11-19(12-14-22)25-18-9-5-2-6-10-18/h1-10,19-21,24-25H,11-16H2/t19?,20-,21+,22?/m0/s1. The van der Waals surface area contributed by atoms with E-state index in [-0.39, 0.29) is 0 Å². The lowest BCUT2D eigenvalue weighted by molar-refractivity contribution is 0.100. The Hall–Kier alpha value is -1.87. The molecule has 2 N–H and O–H groups in total. The van der Waals surface area contributed by atoms with E-state index in [1.165, 1.54) is 5.56 Å². The van der Waals surface area contributed by atoms with E-state index in [1.807, 2.05) is 24.3 Å². The van der Waals surface area contributed by atoms with Crippen molar-refractivity contribution in [2.75, 3.05) is 11.9 Å². The van der Waals surface area contributed by atoms with Crippen molar-refractivity contribution >= 4 is 5.69 Å². The number of hydrogen-bond acceptors (Lipinski definition) is 2. The van der Waals surface area contributed by atoms with Gasteiger partial charge in [0.2, 0.25) is 0 Å². The maximum absolute atomic E-state index is 15.1. The average molecular weight is 338 g/mol. The number of nitrogens with one attached hydrogen (secondary N) is 2. The SMILES string of the molecule is FC1(CN[C@@H]2C[C@H]2c2ccccc2)CCC(Nc2ccccc2)CC1. The molecule has 0 bridgehead atoms. The van der Waals surface area contributed by atoms with Crippen LogP contribution in [0.25, 0.3) is 0 Å². The van der Waals surface area contributed by atoms with E-state index in [2.05, 4.69) is 47.0 Å². The number of hydrogen-bond donors (Lipinski definition) is 2. The van der Waals surface area contributed by atoms with E-state index in [0.29, 0.717) is 37.4 Å². The molecule has 0 radical (unpaired) electrons. The third-order valence-electron chi connectivity index (χ3n) is 5.73. The molecule has 4 rings (SSSR count). The maximum atomic E-state index is 15.1. The summed E-state index contributed by atoms with van der Waals surface area (Å²) in [6.07, 6.45) is 4.23. The van der Waals surface area contributed by atoms with Gasteiger partial charge in [0.1, 0.15) is 5.67 Å². The summed E-state index contributed by atoms with van der Waals surface area (Å²) in [5, 5.41) is 7.02. The molecule has 2 aliphatic carbocycles. The zero-order chi connectivity index (χ0) is 17.1. The quantitative estimate of drug-likeness (QED) is 0.783. The monoisotopic (exact) mass is 338 g/mol. The van der Waals surface area contributed by atoms with Gasteiger partial charge in [0.05, 0.1) is 0 Å². The van der Waals surface area contributed by atoms with E-state index in [9.17, 15) is 0 Å². The molecule has 0 amide bonds. The normalized spacial score (nSPS) is 31.5. The molecular formula is C22H27FN2. The van der Waals surface area contributed by atoms with Gasteiger partial charge in [-0.2, -0.15) is 0 Å². The average Bonchev–Trinajstić information content (AvgIpc) is 3.44. The Morgan fingerprint density at radius 3 is 2.24 bits per heavy atom. The highest BCUT2D eigenvalue weighted by molar-refractivity contribution is 5.43. The highest BCUT2D eigenvalue weighted by Crippen LogP contribution is 2.41. The Kier molecular flexibility index (Phi) is 4.76. The third kappa shape index (κ3) is 4.21. The van der Waals surface area contributed by atoms with Gasteiger partial charge in [0.15, 0.2) is 0 Å². The first-order valence-electron chi connectivity index (χ1n) is 9.51. The second kappa shape index (κ2) is 7.17. The molecule has 2 aromatic carbocycles. The lowest BCUT2D eigenvalue weighted by Crippen LogP contribution is -2.43. The Balaban J connectivity index is 1.22. The number of halogens is 1. The van der Waals surface area contributed by atoms with Crippen LogP contribution in [-0.2, 0) is 0 Å². The van der Waals surface area contributed by atoms with E-state index < -0.39 is 5.67 Å². The van der Waals surface area contributed by atoms with Gasteiger partial charge < -0.3 is 10.6 Å². The molecule has 0 saturated heterocycles. The number of benzene rings is 2. The van der Waals surface area contributed by atoms with Crippen molar-refractivity contribution < 1.29 is 4.39 Å². The predicted molar refractivity (Wildman–Crippen MR) is 102 cm³/mol. The van der Waals surface area contributed by atoms with Crippen LogP contribution in [0.5, 0.6) is 0 Å². The van der Waals surface area contributed by atoms with E-state index in [4.69, 9.17) is 0 Å². The van der Waals surface area contributed by atoms with Crippen molar-refractivity contribution in [2.45, 2.75) is 55.8 Å². The first kappa shape index (κ1) is 16.6. The molecule has 2 saturated carbocycles. The second-order valence-corrected chi connectivity index (χ2v) is 7.68. The molecular weight excluding hydrogens is 311 g/mol. The minimum absolute atomic E-state index is 0.393. The minimum Gasteiger partial charge on any atom is -0.382 e. The highest BCUT2D eigenvalue weighted by atomic mass is 19.1. The summed E-state index contributed by atoms with van der Waals surface area (Å²) in [7, 11) is 0. The molecule has 2 aliphatic rings. The Morgan fingerprint density at radius 2 is 1.56 bits per heavy atom. The molecule has 2 nitrogen and oxygen atoms in total. The maximum Gasteiger partial charge on any atom is 0.123 e. The van der Waals surface area contributed by atoms with Crippen LogP contribution in [-0.4, -0.2) is 24.3 Å². The van der Waals surface area contributed by atoms with Crippen molar-refractivity contribution in [2.24, 2.45) is 0 Å². The minimum atomic E-state index is -1.04. The smallest absolute Gasteiger partial charge is 0.123 e. The van der Waals surface area contributed by atoms with E-state index >= 15 is 4.39 Å².